The van der Waals surface area contributed by atoms with Crippen molar-refractivity contribution in [2.45, 2.75) is 32.7 Å². The molecule has 94 valence electrons. The predicted molar refractivity (Wildman–Crippen MR) is 70.2 cm³/mol. The number of hydrogen-bond acceptors (Lipinski definition) is 3. The standard InChI is InChI=1S/C14H16N2O2/c1-14(2,3)16-13(17)9-5-4-6-11-12(9)10(15-16)7-8-18-11/h4-6H,7-8H2,1-3H3. The zero-order chi connectivity index (χ0) is 12.9. The lowest BCUT2D eigenvalue weighted by molar-refractivity contribution is 0.302. The Bertz CT molecular complexity index is 680. The van der Waals surface area contributed by atoms with E-state index in [0.29, 0.717) is 12.0 Å². The minimum atomic E-state index is -0.309. The Kier molecular flexibility index (Phi) is 2.24. The summed E-state index contributed by atoms with van der Waals surface area (Å²) in [6.45, 7) is 6.59. The minimum Gasteiger partial charge on any atom is -0.492 e. The summed E-state index contributed by atoms with van der Waals surface area (Å²) in [5, 5.41) is 6.11. The van der Waals surface area contributed by atoms with Crippen molar-refractivity contribution in [1.29, 1.82) is 0 Å². The molecule has 1 aromatic heterocycles. The maximum absolute atomic E-state index is 12.5. The lowest BCUT2D eigenvalue weighted by Crippen LogP contribution is -2.37. The Labute approximate surface area is 105 Å². The van der Waals surface area contributed by atoms with Crippen molar-refractivity contribution < 1.29 is 4.74 Å². The second kappa shape index (κ2) is 3.57. The molecular weight excluding hydrogens is 228 g/mol. The lowest BCUT2D eigenvalue weighted by atomic mass is 10.0. The smallest absolute Gasteiger partial charge is 0.275 e. The van der Waals surface area contributed by atoms with E-state index in [2.05, 4.69) is 5.10 Å². The van der Waals surface area contributed by atoms with E-state index < -0.39 is 0 Å². The number of nitrogens with zero attached hydrogens (tertiary/aromatic N) is 2. The second-order valence-corrected chi connectivity index (χ2v) is 5.61. The van der Waals surface area contributed by atoms with Crippen LogP contribution in [0.2, 0.25) is 0 Å². The van der Waals surface area contributed by atoms with Gasteiger partial charge in [0.05, 0.1) is 28.6 Å². The second-order valence-electron chi connectivity index (χ2n) is 5.61. The molecule has 0 bridgehead atoms. The molecule has 0 N–H and O–H groups in total. The third kappa shape index (κ3) is 1.52. The molecule has 0 radical (unpaired) electrons. The molecule has 1 aromatic carbocycles. The first-order valence-electron chi connectivity index (χ1n) is 6.17. The third-order valence-corrected chi connectivity index (χ3v) is 3.19. The van der Waals surface area contributed by atoms with Gasteiger partial charge in [-0.2, -0.15) is 5.10 Å². The van der Waals surface area contributed by atoms with Crippen LogP contribution in [-0.2, 0) is 12.0 Å². The molecule has 4 heteroatoms. The molecule has 3 rings (SSSR count). The molecule has 0 amide bonds. The van der Waals surface area contributed by atoms with E-state index in [1.165, 1.54) is 0 Å². The Balaban J connectivity index is 2.46. The fraction of sp³-hybridized carbons (Fsp3) is 0.429. The van der Waals surface area contributed by atoms with Crippen molar-refractivity contribution in [3.8, 4) is 5.75 Å². The third-order valence-electron chi connectivity index (χ3n) is 3.19. The predicted octanol–water partition coefficient (Wildman–Crippen LogP) is 2.09. The molecule has 0 atom stereocenters. The van der Waals surface area contributed by atoms with Gasteiger partial charge in [0, 0.05) is 6.42 Å². The van der Waals surface area contributed by atoms with Crippen LogP contribution in [0.25, 0.3) is 10.8 Å². The molecule has 0 saturated heterocycles. The summed E-state index contributed by atoms with van der Waals surface area (Å²) in [5.41, 5.74) is 0.603. The Hall–Kier alpha value is -1.84. The van der Waals surface area contributed by atoms with E-state index in [9.17, 15) is 4.79 Å². The van der Waals surface area contributed by atoms with E-state index in [1.54, 1.807) is 4.68 Å². The molecular formula is C14H16N2O2. The summed E-state index contributed by atoms with van der Waals surface area (Å²) in [6, 6.07) is 5.61. The summed E-state index contributed by atoms with van der Waals surface area (Å²) < 4.78 is 7.17. The van der Waals surface area contributed by atoms with Gasteiger partial charge in [-0.1, -0.05) is 6.07 Å². The minimum absolute atomic E-state index is 0.0476. The SMILES string of the molecule is CC(C)(C)n1nc2c3c(cccc3c1=O)OCC2. The summed E-state index contributed by atoms with van der Waals surface area (Å²) in [4.78, 5) is 12.5. The lowest BCUT2D eigenvalue weighted by Gasteiger charge is -2.24. The number of rotatable bonds is 0. The Morgan fingerprint density at radius 1 is 1.33 bits per heavy atom. The fourth-order valence-electron chi connectivity index (χ4n) is 2.34. The van der Waals surface area contributed by atoms with Crippen LogP contribution in [-0.4, -0.2) is 16.4 Å². The van der Waals surface area contributed by atoms with E-state index in [0.717, 1.165) is 23.3 Å². The normalized spacial score (nSPS) is 14.6. The van der Waals surface area contributed by atoms with Crippen molar-refractivity contribution in [3.05, 3.63) is 34.2 Å². The molecule has 4 nitrogen and oxygen atoms in total. The van der Waals surface area contributed by atoms with E-state index >= 15 is 0 Å². The van der Waals surface area contributed by atoms with Crippen LogP contribution in [0.15, 0.2) is 23.0 Å². The van der Waals surface area contributed by atoms with Gasteiger partial charge in [-0.05, 0) is 32.9 Å². The first-order valence-corrected chi connectivity index (χ1v) is 6.17. The summed E-state index contributed by atoms with van der Waals surface area (Å²) in [6.07, 6.45) is 0.754. The van der Waals surface area contributed by atoms with Gasteiger partial charge in [0.2, 0.25) is 0 Å². The number of aromatic nitrogens is 2. The Morgan fingerprint density at radius 2 is 2.11 bits per heavy atom. The van der Waals surface area contributed by atoms with Crippen LogP contribution >= 0.6 is 0 Å². The first-order chi connectivity index (χ1) is 8.48. The summed E-state index contributed by atoms with van der Waals surface area (Å²) >= 11 is 0. The highest BCUT2D eigenvalue weighted by Crippen LogP contribution is 2.30. The maximum atomic E-state index is 12.5. The molecule has 0 spiro atoms. The monoisotopic (exact) mass is 244 g/mol. The molecule has 18 heavy (non-hydrogen) atoms. The van der Waals surface area contributed by atoms with Crippen LogP contribution in [0.5, 0.6) is 5.75 Å². The quantitative estimate of drug-likeness (QED) is 0.712. The van der Waals surface area contributed by atoms with Gasteiger partial charge >= 0.3 is 0 Å². The van der Waals surface area contributed by atoms with Gasteiger partial charge in [0.1, 0.15) is 5.75 Å². The Morgan fingerprint density at radius 3 is 2.83 bits per heavy atom. The van der Waals surface area contributed by atoms with Gasteiger partial charge in [-0.25, -0.2) is 4.68 Å². The molecule has 0 fully saturated rings. The van der Waals surface area contributed by atoms with Crippen LogP contribution in [0.1, 0.15) is 26.5 Å². The van der Waals surface area contributed by atoms with Crippen molar-refractivity contribution in [2.24, 2.45) is 0 Å². The van der Waals surface area contributed by atoms with Gasteiger partial charge < -0.3 is 4.74 Å². The first kappa shape index (κ1) is 11.3. The van der Waals surface area contributed by atoms with E-state index in [-0.39, 0.29) is 11.1 Å². The topological polar surface area (TPSA) is 44.1 Å². The largest absolute Gasteiger partial charge is 0.492 e. The maximum Gasteiger partial charge on any atom is 0.275 e. The summed E-state index contributed by atoms with van der Waals surface area (Å²) in [5.74, 6) is 0.777. The zero-order valence-corrected chi connectivity index (χ0v) is 10.9. The van der Waals surface area contributed by atoms with Gasteiger partial charge in [-0.15, -0.1) is 0 Å². The van der Waals surface area contributed by atoms with Crippen molar-refractivity contribution in [1.82, 2.24) is 9.78 Å². The number of benzene rings is 1. The number of ether oxygens (including phenoxy) is 1. The highest BCUT2D eigenvalue weighted by Gasteiger charge is 2.23. The average molecular weight is 244 g/mol. The van der Waals surface area contributed by atoms with Crippen molar-refractivity contribution in [3.63, 3.8) is 0 Å². The van der Waals surface area contributed by atoms with Gasteiger partial charge in [-0.3, -0.25) is 4.79 Å². The van der Waals surface area contributed by atoms with Crippen LogP contribution in [0.4, 0.5) is 0 Å². The molecule has 2 heterocycles. The molecule has 1 aliphatic rings. The van der Waals surface area contributed by atoms with Gasteiger partial charge in [0.15, 0.2) is 0 Å². The number of hydrogen-bond donors (Lipinski definition) is 0. The molecule has 0 saturated carbocycles. The molecule has 0 aliphatic carbocycles. The van der Waals surface area contributed by atoms with Crippen LogP contribution in [0.3, 0.4) is 0 Å². The fourth-order valence-corrected chi connectivity index (χ4v) is 2.34. The summed E-state index contributed by atoms with van der Waals surface area (Å²) in [7, 11) is 0. The highest BCUT2D eigenvalue weighted by molar-refractivity contribution is 5.90. The molecule has 1 aliphatic heterocycles. The zero-order valence-electron chi connectivity index (χ0n) is 10.9. The van der Waals surface area contributed by atoms with Gasteiger partial charge in [0.25, 0.3) is 5.56 Å². The van der Waals surface area contributed by atoms with Crippen LogP contribution in [0, 0.1) is 0 Å². The molecule has 0 unspecified atom stereocenters. The van der Waals surface area contributed by atoms with E-state index in [1.807, 2.05) is 39.0 Å². The highest BCUT2D eigenvalue weighted by atomic mass is 16.5. The average Bonchev–Trinajstić information content (AvgIpc) is 2.32. The molecule has 2 aromatic rings. The van der Waals surface area contributed by atoms with Crippen LogP contribution < -0.4 is 10.3 Å². The van der Waals surface area contributed by atoms with E-state index in [4.69, 9.17) is 4.74 Å². The van der Waals surface area contributed by atoms with Crippen molar-refractivity contribution in [2.75, 3.05) is 6.61 Å². The van der Waals surface area contributed by atoms with Crippen molar-refractivity contribution >= 4 is 10.8 Å².